The van der Waals surface area contributed by atoms with Crippen molar-refractivity contribution >= 4 is 16.6 Å². The van der Waals surface area contributed by atoms with Gasteiger partial charge in [0, 0.05) is 11.1 Å². The summed E-state index contributed by atoms with van der Waals surface area (Å²) < 4.78 is 0. The summed E-state index contributed by atoms with van der Waals surface area (Å²) in [5.41, 5.74) is 25.2. The Morgan fingerprint density at radius 2 is 0.694 bits per heavy atom. The van der Waals surface area contributed by atoms with Crippen LogP contribution in [0.3, 0.4) is 0 Å². The largest absolute Gasteiger partial charge is 0.244 e. The molecule has 338 valence electrons. The van der Waals surface area contributed by atoms with Crippen molar-refractivity contribution in [1.82, 2.24) is 9.97 Å². The zero-order chi connectivity index (χ0) is 47.6. The zero-order valence-electron chi connectivity index (χ0n) is 39.7. The van der Waals surface area contributed by atoms with E-state index in [0.717, 1.165) is 57.5 Å². The number of allylic oxidation sites excluding steroid dienone is 4. The van der Waals surface area contributed by atoms with Crippen LogP contribution in [0.5, 0.6) is 0 Å². The van der Waals surface area contributed by atoms with Crippen LogP contribution in [-0.4, -0.2) is 9.97 Å². The van der Waals surface area contributed by atoms with E-state index in [0.29, 0.717) is 0 Å². The Hall–Kier alpha value is -8.98. The molecular weight excluding hydrogens is 869 g/mol. The van der Waals surface area contributed by atoms with Gasteiger partial charge in [-0.05, 0) is 126 Å². The summed E-state index contributed by atoms with van der Waals surface area (Å²) in [5.74, 6) is 0. The molecule has 1 heterocycles. The molecule has 0 saturated heterocycles. The SMILES string of the molecule is C1=CC2=C(CC1)C(c1ccccc1)(c1ccccc1)c1cc(-c3ccc(-c4nc5ccccc5nc4-c4ccc(-c5ccc6c(c5)C(c5ccccc5)(c5ccccc5)c5ccccc5-6)cc4)cc3)ccc12. The van der Waals surface area contributed by atoms with Gasteiger partial charge in [-0.2, -0.15) is 0 Å². The highest BCUT2D eigenvalue weighted by molar-refractivity contribution is 5.93. The molecule has 0 amide bonds. The molecular formula is C70H48N2. The maximum Gasteiger partial charge on any atom is 0.0973 e. The minimum Gasteiger partial charge on any atom is -0.244 e. The number of hydrogen-bond donors (Lipinski definition) is 0. The summed E-state index contributed by atoms with van der Waals surface area (Å²) in [5, 5.41) is 0. The van der Waals surface area contributed by atoms with Crippen LogP contribution in [0.1, 0.15) is 57.3 Å². The Kier molecular flexibility index (Phi) is 9.82. The molecule has 0 unspecified atom stereocenters. The summed E-state index contributed by atoms with van der Waals surface area (Å²) in [6, 6.07) is 93.5. The second-order valence-electron chi connectivity index (χ2n) is 19.4. The van der Waals surface area contributed by atoms with Crippen LogP contribution < -0.4 is 0 Å². The lowest BCUT2D eigenvalue weighted by Gasteiger charge is -2.36. The smallest absolute Gasteiger partial charge is 0.0973 e. The van der Waals surface area contributed by atoms with Crippen LogP contribution in [0.2, 0.25) is 0 Å². The molecule has 0 aliphatic heterocycles. The van der Waals surface area contributed by atoms with E-state index < -0.39 is 5.41 Å². The number of benzene rings is 10. The molecule has 10 aromatic carbocycles. The minimum absolute atomic E-state index is 0.375. The first-order chi connectivity index (χ1) is 35.7. The standard InChI is InChI=1S/C70H48N2/c1-5-19-53(20-6-1)69(54-21-7-2-8-22-54)61-29-15-13-27-57(61)59-43-41-51(45-63(59)69)47-33-37-49(38-34-47)67-68(72-66-32-18-17-31-65(66)71-67)50-39-35-48(36-40-50)52-42-44-60-58-28-14-16-30-62(58)70(64(60)46-52,55-23-9-3-10-24-55)56-25-11-4-12-26-56/h1-15,17-29,31-46H,16,30H2. The molecule has 2 nitrogen and oxygen atoms in total. The fraction of sp³-hybridized carbons (Fsp3) is 0.0571. The first-order valence-electron chi connectivity index (χ1n) is 25.2. The van der Waals surface area contributed by atoms with Gasteiger partial charge in [0.05, 0.1) is 33.3 Å². The first-order valence-corrected chi connectivity index (χ1v) is 25.2. The molecule has 11 aromatic rings. The lowest BCUT2D eigenvalue weighted by atomic mass is 9.65. The third kappa shape index (κ3) is 6.35. The highest BCUT2D eigenvalue weighted by Crippen LogP contribution is 2.59. The molecule has 3 aliphatic rings. The van der Waals surface area contributed by atoms with Gasteiger partial charge >= 0.3 is 0 Å². The van der Waals surface area contributed by atoms with Crippen LogP contribution >= 0.6 is 0 Å². The lowest BCUT2D eigenvalue weighted by Crippen LogP contribution is -2.30. The Labute approximate surface area is 421 Å². The van der Waals surface area contributed by atoms with Crippen LogP contribution in [0.4, 0.5) is 0 Å². The van der Waals surface area contributed by atoms with E-state index >= 15 is 0 Å². The van der Waals surface area contributed by atoms with Crippen LogP contribution in [0.25, 0.3) is 72.5 Å². The van der Waals surface area contributed by atoms with Crippen LogP contribution in [0.15, 0.2) is 273 Å². The molecule has 2 heteroatoms. The fourth-order valence-electron chi connectivity index (χ4n) is 12.6. The molecule has 14 rings (SSSR count). The number of fused-ring (bicyclic) bond motifs is 6. The van der Waals surface area contributed by atoms with Crippen molar-refractivity contribution in [2.45, 2.75) is 23.7 Å². The zero-order valence-corrected chi connectivity index (χ0v) is 39.7. The van der Waals surface area contributed by atoms with Crippen LogP contribution in [0, 0.1) is 0 Å². The van der Waals surface area contributed by atoms with E-state index in [1.54, 1.807) is 0 Å². The normalized spacial score (nSPS) is 14.7. The Balaban J connectivity index is 0.846. The van der Waals surface area contributed by atoms with Crippen molar-refractivity contribution in [3.8, 4) is 55.9 Å². The van der Waals surface area contributed by atoms with Gasteiger partial charge < -0.3 is 0 Å². The number of rotatable bonds is 8. The summed E-state index contributed by atoms with van der Waals surface area (Å²) in [7, 11) is 0. The molecule has 0 saturated carbocycles. The highest BCUT2D eigenvalue weighted by Gasteiger charge is 2.48. The predicted molar refractivity (Wildman–Crippen MR) is 297 cm³/mol. The average Bonchev–Trinajstić information content (AvgIpc) is 3.94. The third-order valence-electron chi connectivity index (χ3n) is 15.8. The third-order valence-corrected chi connectivity index (χ3v) is 15.8. The van der Waals surface area contributed by atoms with E-state index in [1.165, 1.54) is 77.9 Å². The lowest BCUT2D eigenvalue weighted by molar-refractivity contribution is 0.697. The van der Waals surface area contributed by atoms with Gasteiger partial charge in [0.25, 0.3) is 0 Å². The van der Waals surface area contributed by atoms with E-state index in [9.17, 15) is 0 Å². The molecule has 0 radical (unpaired) electrons. The van der Waals surface area contributed by atoms with Crippen molar-refractivity contribution < 1.29 is 0 Å². The van der Waals surface area contributed by atoms with Gasteiger partial charge in [-0.15, -0.1) is 0 Å². The van der Waals surface area contributed by atoms with Crippen molar-refractivity contribution in [2.75, 3.05) is 0 Å². The Morgan fingerprint density at radius 3 is 1.21 bits per heavy atom. The number of nitrogens with zero attached hydrogens (tertiary/aromatic N) is 2. The monoisotopic (exact) mass is 916 g/mol. The first kappa shape index (κ1) is 41.9. The van der Waals surface area contributed by atoms with E-state index in [1.807, 2.05) is 12.1 Å². The summed E-state index contributed by atoms with van der Waals surface area (Å²) in [4.78, 5) is 10.7. The average molecular weight is 917 g/mol. The minimum atomic E-state index is -0.459. The van der Waals surface area contributed by atoms with Gasteiger partial charge in [-0.25, -0.2) is 9.97 Å². The van der Waals surface area contributed by atoms with E-state index in [-0.39, 0.29) is 5.41 Å². The van der Waals surface area contributed by atoms with Gasteiger partial charge in [0.1, 0.15) is 0 Å². The molecule has 0 spiro atoms. The van der Waals surface area contributed by atoms with Crippen molar-refractivity contribution in [2.24, 2.45) is 0 Å². The molecule has 0 fully saturated rings. The summed E-state index contributed by atoms with van der Waals surface area (Å²) in [6.07, 6.45) is 6.78. The molecule has 72 heavy (non-hydrogen) atoms. The maximum atomic E-state index is 5.34. The van der Waals surface area contributed by atoms with Crippen molar-refractivity contribution in [1.29, 1.82) is 0 Å². The molecule has 3 aliphatic carbocycles. The Bertz CT molecular complexity index is 3850. The quantitative estimate of drug-likeness (QED) is 0.152. The predicted octanol–water partition coefficient (Wildman–Crippen LogP) is 17.1. The summed E-state index contributed by atoms with van der Waals surface area (Å²) >= 11 is 0. The topological polar surface area (TPSA) is 25.8 Å². The van der Waals surface area contributed by atoms with E-state index in [4.69, 9.17) is 9.97 Å². The molecule has 1 aromatic heterocycles. The van der Waals surface area contributed by atoms with Crippen molar-refractivity contribution in [3.05, 3.63) is 317 Å². The molecule has 0 bridgehead atoms. The number of para-hydroxylation sites is 2. The van der Waals surface area contributed by atoms with Gasteiger partial charge in [-0.1, -0.05) is 243 Å². The fourth-order valence-corrected chi connectivity index (χ4v) is 12.6. The number of hydrogen-bond acceptors (Lipinski definition) is 2. The molecule has 0 atom stereocenters. The van der Waals surface area contributed by atoms with Gasteiger partial charge in [-0.3, -0.25) is 0 Å². The second kappa shape index (κ2) is 16.9. The van der Waals surface area contributed by atoms with Crippen molar-refractivity contribution in [3.63, 3.8) is 0 Å². The van der Waals surface area contributed by atoms with Crippen LogP contribution in [-0.2, 0) is 10.8 Å². The summed E-state index contributed by atoms with van der Waals surface area (Å²) in [6.45, 7) is 0. The maximum absolute atomic E-state index is 5.34. The van der Waals surface area contributed by atoms with E-state index in [2.05, 4.69) is 255 Å². The Morgan fingerprint density at radius 1 is 0.306 bits per heavy atom. The molecule has 0 N–H and O–H groups in total. The number of aromatic nitrogens is 2. The van der Waals surface area contributed by atoms with Gasteiger partial charge in [0.15, 0.2) is 0 Å². The van der Waals surface area contributed by atoms with Gasteiger partial charge in [0.2, 0.25) is 0 Å². The second-order valence-corrected chi connectivity index (χ2v) is 19.4. The highest BCUT2D eigenvalue weighted by atomic mass is 14.8.